The van der Waals surface area contributed by atoms with Gasteiger partial charge in [-0.05, 0) is 49.1 Å². The second-order valence-electron chi connectivity index (χ2n) is 6.47. The van der Waals surface area contributed by atoms with E-state index in [-0.39, 0.29) is 12.0 Å². The highest BCUT2D eigenvalue weighted by Crippen LogP contribution is 2.41. The van der Waals surface area contributed by atoms with Crippen LogP contribution in [0.4, 0.5) is 0 Å². The molecular weight excluding hydrogens is 320 g/mol. The highest BCUT2D eigenvalue weighted by molar-refractivity contribution is 7.90. The number of benzene rings is 2. The van der Waals surface area contributed by atoms with E-state index in [1.165, 1.54) is 0 Å². The van der Waals surface area contributed by atoms with Crippen LogP contribution in [-0.4, -0.2) is 19.7 Å². The lowest BCUT2D eigenvalue weighted by Gasteiger charge is -2.09. The minimum atomic E-state index is -3.21. The van der Waals surface area contributed by atoms with Gasteiger partial charge >= 0.3 is 0 Å². The Morgan fingerprint density at radius 2 is 1.58 bits per heavy atom. The largest absolute Gasteiger partial charge is 0.214 e. The molecule has 1 N–H and O–H groups in total. The third kappa shape index (κ3) is 3.50. The summed E-state index contributed by atoms with van der Waals surface area (Å²) in [7, 11) is -3.21. The Labute approximate surface area is 143 Å². The molecule has 1 saturated carbocycles. The maximum Gasteiger partial charge on any atom is 0.214 e. The van der Waals surface area contributed by atoms with Crippen LogP contribution >= 0.6 is 0 Å². The maximum atomic E-state index is 11.9. The first-order valence-electron chi connectivity index (χ1n) is 8.02. The van der Waals surface area contributed by atoms with Crippen molar-refractivity contribution in [2.75, 3.05) is 0 Å². The molecule has 2 unspecified atom stereocenters. The van der Waals surface area contributed by atoms with Gasteiger partial charge in [0, 0.05) is 12.0 Å². The Hall–Kier alpha value is -2.16. The zero-order valence-electron chi connectivity index (χ0n) is 13.7. The maximum absolute atomic E-state index is 11.9. The van der Waals surface area contributed by atoms with E-state index >= 15 is 0 Å². The van der Waals surface area contributed by atoms with Gasteiger partial charge in [-0.1, -0.05) is 36.4 Å². The summed E-state index contributed by atoms with van der Waals surface area (Å²) < 4.78 is 26.6. The average Bonchev–Trinajstić information content (AvgIpc) is 3.33. The number of nitrogens with one attached hydrogen (secondary N) is 1. The minimum Gasteiger partial charge on any atom is -0.212 e. The lowest BCUT2D eigenvalue weighted by molar-refractivity contribution is 0.571. The second-order valence-corrected chi connectivity index (χ2v) is 8.74. The van der Waals surface area contributed by atoms with E-state index in [0.29, 0.717) is 5.56 Å². The Morgan fingerprint density at radius 3 is 2.08 bits per heavy atom. The molecule has 0 saturated heterocycles. The molecule has 0 spiro atoms. The highest BCUT2D eigenvalue weighted by Gasteiger charge is 2.41. The second kappa shape index (κ2) is 6.39. The zero-order chi connectivity index (χ0) is 17.3. The van der Waals surface area contributed by atoms with Crippen LogP contribution in [0.15, 0.2) is 48.5 Å². The summed E-state index contributed by atoms with van der Waals surface area (Å²) in [6, 6.07) is 17.8. The van der Waals surface area contributed by atoms with Crippen LogP contribution < -0.4 is 4.72 Å². The number of sulfonamides is 1. The van der Waals surface area contributed by atoms with Gasteiger partial charge in [-0.15, -0.1) is 0 Å². The quantitative estimate of drug-likeness (QED) is 0.907. The fourth-order valence-electron chi connectivity index (χ4n) is 2.70. The summed E-state index contributed by atoms with van der Waals surface area (Å²) >= 11 is 0. The Kier molecular flexibility index (Phi) is 4.44. The molecule has 2 aromatic carbocycles. The van der Waals surface area contributed by atoms with Crippen molar-refractivity contribution in [1.29, 1.82) is 5.26 Å². The van der Waals surface area contributed by atoms with Crippen molar-refractivity contribution in [3.8, 4) is 17.2 Å². The van der Waals surface area contributed by atoms with Gasteiger partial charge in [-0.25, -0.2) is 13.1 Å². The summed E-state index contributed by atoms with van der Waals surface area (Å²) in [6.07, 6.45) is 0.849. The van der Waals surface area contributed by atoms with Gasteiger partial charge in [0.1, 0.15) is 0 Å². The molecule has 124 valence electrons. The van der Waals surface area contributed by atoms with Gasteiger partial charge in [-0.3, -0.25) is 0 Å². The topological polar surface area (TPSA) is 70.0 Å². The van der Waals surface area contributed by atoms with Gasteiger partial charge in [0.05, 0.1) is 16.9 Å². The number of rotatable bonds is 5. The molecule has 2 aromatic rings. The van der Waals surface area contributed by atoms with E-state index in [0.717, 1.165) is 23.1 Å². The summed E-state index contributed by atoms with van der Waals surface area (Å²) in [5.74, 6) is 0.258. The molecule has 5 heteroatoms. The molecule has 24 heavy (non-hydrogen) atoms. The normalized spacial score (nSPS) is 19.9. The molecule has 0 amide bonds. The predicted molar refractivity (Wildman–Crippen MR) is 94.9 cm³/mol. The number of nitriles is 1. The fourth-order valence-corrected chi connectivity index (χ4v) is 3.66. The Bertz CT molecular complexity index is 863. The van der Waals surface area contributed by atoms with Crippen LogP contribution in [-0.2, 0) is 10.0 Å². The Morgan fingerprint density at radius 1 is 1.04 bits per heavy atom. The van der Waals surface area contributed by atoms with Crippen LogP contribution in [0, 0.1) is 11.3 Å². The van der Waals surface area contributed by atoms with Crippen LogP contribution in [0.5, 0.6) is 0 Å². The monoisotopic (exact) mass is 340 g/mol. The molecule has 2 atom stereocenters. The third-order valence-corrected chi connectivity index (χ3v) is 6.29. The Balaban J connectivity index is 1.69. The molecule has 0 bridgehead atoms. The van der Waals surface area contributed by atoms with E-state index in [1.807, 2.05) is 24.3 Å². The zero-order valence-corrected chi connectivity index (χ0v) is 14.5. The first kappa shape index (κ1) is 16.7. The van der Waals surface area contributed by atoms with Crippen molar-refractivity contribution in [1.82, 2.24) is 4.72 Å². The predicted octanol–water partition coefficient (Wildman–Crippen LogP) is 3.41. The fraction of sp³-hybridized carbons (Fsp3) is 0.316. The van der Waals surface area contributed by atoms with E-state index in [1.54, 1.807) is 26.0 Å². The van der Waals surface area contributed by atoms with Crippen LogP contribution in [0.3, 0.4) is 0 Å². The standard InChI is InChI=1S/C19H20N2O2S/c1-13(2)24(22,23)21-19-11-18(19)17-9-7-16(8-10-17)15-5-3-14(12-20)4-6-15/h3-10,13,18-19,21H,11H2,1-2H3. The highest BCUT2D eigenvalue weighted by atomic mass is 32.2. The van der Waals surface area contributed by atoms with Crippen molar-refractivity contribution in [2.45, 2.75) is 37.5 Å². The van der Waals surface area contributed by atoms with E-state index in [2.05, 4.69) is 22.9 Å². The summed E-state index contributed by atoms with van der Waals surface area (Å²) in [5.41, 5.74) is 3.95. The summed E-state index contributed by atoms with van der Waals surface area (Å²) in [4.78, 5) is 0. The third-order valence-electron chi connectivity index (χ3n) is 4.41. The lowest BCUT2D eigenvalue weighted by atomic mass is 10.0. The molecular formula is C19H20N2O2S. The molecule has 1 fully saturated rings. The van der Waals surface area contributed by atoms with Crippen molar-refractivity contribution < 1.29 is 8.42 Å². The van der Waals surface area contributed by atoms with Gasteiger partial charge in [0.25, 0.3) is 0 Å². The number of nitrogens with zero attached hydrogens (tertiary/aromatic N) is 1. The van der Waals surface area contributed by atoms with Gasteiger partial charge in [0.15, 0.2) is 0 Å². The molecule has 0 heterocycles. The molecule has 0 aliphatic heterocycles. The first-order valence-corrected chi connectivity index (χ1v) is 9.57. The van der Waals surface area contributed by atoms with E-state index in [9.17, 15) is 8.42 Å². The smallest absolute Gasteiger partial charge is 0.212 e. The minimum absolute atomic E-state index is 0.0122. The molecule has 4 nitrogen and oxygen atoms in total. The summed E-state index contributed by atoms with van der Waals surface area (Å²) in [5, 5.41) is 8.44. The van der Waals surface area contributed by atoms with E-state index in [4.69, 9.17) is 5.26 Å². The van der Waals surface area contributed by atoms with Crippen molar-refractivity contribution in [3.63, 3.8) is 0 Å². The van der Waals surface area contributed by atoms with Gasteiger partial charge in [0.2, 0.25) is 10.0 Å². The SMILES string of the molecule is CC(C)S(=O)(=O)NC1CC1c1ccc(-c2ccc(C#N)cc2)cc1. The van der Waals surface area contributed by atoms with Crippen LogP contribution in [0.2, 0.25) is 0 Å². The van der Waals surface area contributed by atoms with Crippen LogP contribution in [0.1, 0.15) is 37.3 Å². The van der Waals surface area contributed by atoms with Crippen molar-refractivity contribution in [2.24, 2.45) is 0 Å². The van der Waals surface area contributed by atoms with Crippen LogP contribution in [0.25, 0.3) is 11.1 Å². The summed E-state index contributed by atoms with van der Waals surface area (Å²) in [6.45, 7) is 3.37. The lowest BCUT2D eigenvalue weighted by Crippen LogP contribution is -2.33. The first-order chi connectivity index (χ1) is 11.4. The average molecular weight is 340 g/mol. The molecule has 0 aromatic heterocycles. The number of hydrogen-bond acceptors (Lipinski definition) is 3. The van der Waals surface area contributed by atoms with Crippen molar-refractivity contribution >= 4 is 10.0 Å². The van der Waals surface area contributed by atoms with Gasteiger partial charge < -0.3 is 0 Å². The van der Waals surface area contributed by atoms with Gasteiger partial charge in [-0.2, -0.15) is 5.26 Å². The molecule has 1 aliphatic rings. The van der Waals surface area contributed by atoms with E-state index < -0.39 is 15.3 Å². The molecule has 3 rings (SSSR count). The molecule has 1 aliphatic carbocycles. The molecule has 0 radical (unpaired) electrons. The number of hydrogen-bond donors (Lipinski definition) is 1. The van der Waals surface area contributed by atoms with Crippen molar-refractivity contribution in [3.05, 3.63) is 59.7 Å².